The van der Waals surface area contributed by atoms with E-state index in [4.69, 9.17) is 0 Å². The Morgan fingerprint density at radius 2 is 2.14 bits per heavy atom. The van der Waals surface area contributed by atoms with E-state index in [9.17, 15) is 9.90 Å². The summed E-state index contributed by atoms with van der Waals surface area (Å²) >= 11 is 1.69. The Bertz CT molecular complexity index is 576. The normalized spacial score (nSPS) is 12.7. The van der Waals surface area contributed by atoms with Crippen LogP contribution in [-0.4, -0.2) is 28.6 Å². The largest absolute Gasteiger partial charge is 0.391 e. The SMILES string of the molecule is CC(C)CC(O)CNC(=O)CCCc1nc2ccccc2s1. The third kappa shape index (κ3) is 5.39. The van der Waals surface area contributed by atoms with E-state index in [1.54, 1.807) is 11.3 Å². The molecule has 1 unspecified atom stereocenters. The fraction of sp³-hybridized carbons (Fsp3) is 0.529. The molecular weight excluding hydrogens is 296 g/mol. The van der Waals surface area contributed by atoms with Crippen molar-refractivity contribution in [3.05, 3.63) is 29.3 Å². The number of carbonyl (C=O) groups is 1. The summed E-state index contributed by atoms with van der Waals surface area (Å²) in [6.07, 6.45) is 2.34. The summed E-state index contributed by atoms with van der Waals surface area (Å²) in [7, 11) is 0. The predicted molar refractivity (Wildman–Crippen MR) is 91.0 cm³/mol. The zero-order chi connectivity index (χ0) is 15.9. The maximum atomic E-state index is 11.8. The van der Waals surface area contributed by atoms with Crippen molar-refractivity contribution in [1.82, 2.24) is 10.3 Å². The number of aromatic nitrogens is 1. The molecule has 2 rings (SSSR count). The van der Waals surface area contributed by atoms with E-state index in [0.717, 1.165) is 23.4 Å². The number of hydrogen-bond acceptors (Lipinski definition) is 4. The van der Waals surface area contributed by atoms with E-state index in [0.29, 0.717) is 25.3 Å². The van der Waals surface area contributed by atoms with Gasteiger partial charge in [-0.2, -0.15) is 0 Å². The fourth-order valence-electron chi connectivity index (χ4n) is 2.37. The summed E-state index contributed by atoms with van der Waals surface area (Å²) in [5.41, 5.74) is 1.03. The van der Waals surface area contributed by atoms with Gasteiger partial charge in [-0.25, -0.2) is 4.98 Å². The van der Waals surface area contributed by atoms with Crippen LogP contribution in [0.1, 0.15) is 38.1 Å². The summed E-state index contributed by atoms with van der Waals surface area (Å²) in [4.78, 5) is 16.3. The number of rotatable bonds is 8. The minimum atomic E-state index is -0.451. The first kappa shape index (κ1) is 16.9. The highest BCUT2D eigenvalue weighted by molar-refractivity contribution is 7.18. The standard InChI is InChI=1S/C17H24N2O2S/c1-12(2)10-13(20)11-18-16(21)8-5-9-17-19-14-6-3-4-7-15(14)22-17/h3-4,6-7,12-13,20H,5,8-11H2,1-2H3,(H,18,21). The molecule has 22 heavy (non-hydrogen) atoms. The van der Waals surface area contributed by atoms with Crippen molar-refractivity contribution < 1.29 is 9.90 Å². The van der Waals surface area contributed by atoms with Crippen LogP contribution >= 0.6 is 11.3 Å². The van der Waals surface area contributed by atoms with Gasteiger partial charge in [0.05, 0.1) is 21.3 Å². The van der Waals surface area contributed by atoms with Crippen LogP contribution in [0.4, 0.5) is 0 Å². The minimum absolute atomic E-state index is 0.00363. The summed E-state index contributed by atoms with van der Waals surface area (Å²) in [5, 5.41) is 13.6. The molecule has 0 saturated carbocycles. The van der Waals surface area contributed by atoms with E-state index in [1.807, 2.05) is 18.2 Å². The van der Waals surface area contributed by atoms with Crippen molar-refractivity contribution >= 4 is 27.5 Å². The van der Waals surface area contributed by atoms with E-state index < -0.39 is 6.10 Å². The van der Waals surface area contributed by atoms with Crippen molar-refractivity contribution in [2.45, 2.75) is 45.6 Å². The third-order valence-electron chi connectivity index (χ3n) is 3.41. The number of nitrogens with one attached hydrogen (secondary N) is 1. The van der Waals surface area contributed by atoms with Gasteiger partial charge in [0.1, 0.15) is 0 Å². The highest BCUT2D eigenvalue weighted by Gasteiger charge is 2.09. The van der Waals surface area contributed by atoms with Gasteiger partial charge < -0.3 is 10.4 Å². The van der Waals surface area contributed by atoms with Gasteiger partial charge in [0.25, 0.3) is 0 Å². The fourth-order valence-corrected chi connectivity index (χ4v) is 3.38. The molecule has 1 atom stereocenters. The summed E-state index contributed by atoms with van der Waals surface area (Å²) < 4.78 is 1.19. The first-order valence-corrected chi connectivity index (χ1v) is 8.65. The number of carbonyl (C=O) groups excluding carboxylic acids is 1. The van der Waals surface area contributed by atoms with Crippen LogP contribution in [0, 0.1) is 5.92 Å². The lowest BCUT2D eigenvalue weighted by atomic mass is 10.1. The zero-order valence-corrected chi connectivity index (χ0v) is 14.0. The number of hydrogen-bond donors (Lipinski definition) is 2. The van der Waals surface area contributed by atoms with Crippen LogP contribution in [-0.2, 0) is 11.2 Å². The van der Waals surface area contributed by atoms with E-state index in [-0.39, 0.29) is 5.91 Å². The molecule has 2 aromatic rings. The smallest absolute Gasteiger partial charge is 0.220 e. The Labute approximate surface area is 135 Å². The molecular formula is C17H24N2O2S. The van der Waals surface area contributed by atoms with Crippen LogP contribution in [0.15, 0.2) is 24.3 Å². The number of benzene rings is 1. The zero-order valence-electron chi connectivity index (χ0n) is 13.2. The van der Waals surface area contributed by atoms with Gasteiger partial charge in [0.2, 0.25) is 5.91 Å². The van der Waals surface area contributed by atoms with Crippen LogP contribution < -0.4 is 5.32 Å². The highest BCUT2D eigenvalue weighted by atomic mass is 32.1. The van der Waals surface area contributed by atoms with Gasteiger partial charge in [-0.3, -0.25) is 4.79 Å². The molecule has 0 bridgehead atoms. The maximum absolute atomic E-state index is 11.8. The monoisotopic (exact) mass is 320 g/mol. The summed E-state index contributed by atoms with van der Waals surface area (Å²) in [6, 6.07) is 8.08. The van der Waals surface area contributed by atoms with E-state index in [2.05, 4.69) is 30.2 Å². The lowest BCUT2D eigenvalue weighted by molar-refractivity contribution is -0.121. The predicted octanol–water partition coefficient (Wildman–Crippen LogP) is 3.14. The van der Waals surface area contributed by atoms with Gasteiger partial charge in [-0.15, -0.1) is 11.3 Å². The molecule has 0 spiro atoms. The molecule has 0 radical (unpaired) electrons. The third-order valence-corrected chi connectivity index (χ3v) is 4.51. The number of aliphatic hydroxyl groups is 1. The number of nitrogens with zero attached hydrogens (tertiary/aromatic N) is 1. The Hall–Kier alpha value is -1.46. The lowest BCUT2D eigenvalue weighted by Gasteiger charge is -2.13. The van der Waals surface area contributed by atoms with Crippen LogP contribution in [0.3, 0.4) is 0 Å². The quantitative estimate of drug-likeness (QED) is 0.785. The molecule has 0 aliphatic rings. The van der Waals surface area contributed by atoms with Crippen molar-refractivity contribution in [2.75, 3.05) is 6.54 Å². The van der Waals surface area contributed by atoms with Gasteiger partial charge in [-0.1, -0.05) is 26.0 Å². The van der Waals surface area contributed by atoms with Crippen molar-refractivity contribution in [3.63, 3.8) is 0 Å². The second kappa shape index (κ2) is 8.25. The maximum Gasteiger partial charge on any atom is 0.220 e. The summed E-state index contributed by atoms with van der Waals surface area (Å²) in [6.45, 7) is 4.46. The molecule has 0 fully saturated rings. The highest BCUT2D eigenvalue weighted by Crippen LogP contribution is 2.22. The molecule has 4 nitrogen and oxygen atoms in total. The van der Waals surface area contributed by atoms with Crippen molar-refractivity contribution in [3.8, 4) is 0 Å². The van der Waals surface area contributed by atoms with Crippen molar-refractivity contribution in [2.24, 2.45) is 5.92 Å². The molecule has 0 aliphatic heterocycles. The van der Waals surface area contributed by atoms with Gasteiger partial charge in [-0.05, 0) is 37.3 Å². The number of thiazole rings is 1. The van der Waals surface area contributed by atoms with Crippen LogP contribution in [0.25, 0.3) is 10.2 Å². The molecule has 2 N–H and O–H groups in total. The molecule has 1 heterocycles. The number of aryl methyl sites for hydroxylation is 1. The molecule has 120 valence electrons. The van der Waals surface area contributed by atoms with Gasteiger partial charge >= 0.3 is 0 Å². The Kier molecular flexibility index (Phi) is 6.34. The number of fused-ring (bicyclic) bond motifs is 1. The van der Waals surface area contributed by atoms with E-state index >= 15 is 0 Å². The molecule has 1 amide bonds. The first-order chi connectivity index (χ1) is 10.5. The van der Waals surface area contributed by atoms with Crippen LogP contribution in [0.2, 0.25) is 0 Å². The second-order valence-electron chi connectivity index (χ2n) is 6.02. The molecule has 1 aromatic carbocycles. The second-order valence-corrected chi connectivity index (χ2v) is 7.13. The van der Waals surface area contributed by atoms with Crippen molar-refractivity contribution in [1.29, 1.82) is 0 Å². The number of para-hydroxylation sites is 1. The first-order valence-electron chi connectivity index (χ1n) is 7.84. The van der Waals surface area contributed by atoms with E-state index in [1.165, 1.54) is 4.70 Å². The van der Waals surface area contributed by atoms with Crippen LogP contribution in [0.5, 0.6) is 0 Å². The molecule has 0 aliphatic carbocycles. The topological polar surface area (TPSA) is 62.2 Å². The lowest BCUT2D eigenvalue weighted by Crippen LogP contribution is -2.32. The van der Waals surface area contributed by atoms with Gasteiger partial charge in [0, 0.05) is 13.0 Å². The Morgan fingerprint density at radius 3 is 2.86 bits per heavy atom. The molecule has 0 saturated heterocycles. The minimum Gasteiger partial charge on any atom is -0.391 e. The molecule has 5 heteroatoms. The molecule has 1 aromatic heterocycles. The van der Waals surface area contributed by atoms with Gasteiger partial charge in [0.15, 0.2) is 0 Å². The summed E-state index contributed by atoms with van der Waals surface area (Å²) in [5.74, 6) is 0.440. The average Bonchev–Trinajstić information content (AvgIpc) is 2.87. The Balaban J connectivity index is 1.68. The number of amides is 1. The average molecular weight is 320 g/mol. The Morgan fingerprint density at radius 1 is 1.36 bits per heavy atom. The number of aliphatic hydroxyl groups excluding tert-OH is 1.